The predicted molar refractivity (Wildman–Crippen MR) is 66.0 cm³/mol. The molecule has 0 aromatic heterocycles. The molecule has 0 fully saturated rings. The Morgan fingerprint density at radius 2 is 1.31 bits per heavy atom. The molecule has 0 amide bonds. The highest BCUT2D eigenvalue weighted by Crippen LogP contribution is 2.29. The van der Waals surface area contributed by atoms with Crippen LogP contribution in [0.2, 0.25) is 24.2 Å². The van der Waals surface area contributed by atoms with Gasteiger partial charge in [-0.05, 0) is 12.1 Å². The fraction of sp³-hybridized carbons (Fsp3) is 0.667. The lowest BCUT2D eigenvalue weighted by atomic mass is 10.6. The lowest BCUT2D eigenvalue weighted by Gasteiger charge is -2.29. The van der Waals surface area contributed by atoms with E-state index in [0.29, 0.717) is 0 Å². The summed E-state index contributed by atoms with van der Waals surface area (Å²) >= 11 is 0. The standard InChI is InChI=1S/C12H24Si/c1-5-9-13(10-6-2,11-7-3)12-8-4/h5-6H,1-2,7-12H2,3-4H3. The molecule has 0 aliphatic heterocycles. The molecule has 76 valence electrons. The minimum atomic E-state index is -1.03. The van der Waals surface area contributed by atoms with E-state index in [-0.39, 0.29) is 0 Å². The summed E-state index contributed by atoms with van der Waals surface area (Å²) in [6, 6.07) is 5.44. The van der Waals surface area contributed by atoms with E-state index in [1.54, 1.807) is 0 Å². The topological polar surface area (TPSA) is 0 Å². The van der Waals surface area contributed by atoms with Gasteiger partial charge < -0.3 is 0 Å². The predicted octanol–water partition coefficient (Wildman–Crippen LogP) is 4.63. The first-order valence-electron chi connectivity index (χ1n) is 5.46. The highest BCUT2D eigenvalue weighted by atomic mass is 28.3. The molecule has 0 radical (unpaired) electrons. The fourth-order valence-electron chi connectivity index (χ4n) is 2.29. The van der Waals surface area contributed by atoms with Crippen molar-refractivity contribution in [2.24, 2.45) is 0 Å². The molecule has 0 unspecified atom stereocenters. The van der Waals surface area contributed by atoms with Crippen molar-refractivity contribution >= 4 is 8.07 Å². The van der Waals surface area contributed by atoms with Gasteiger partial charge in [0.05, 0.1) is 8.07 Å². The van der Waals surface area contributed by atoms with Crippen molar-refractivity contribution in [1.29, 1.82) is 0 Å². The summed E-state index contributed by atoms with van der Waals surface area (Å²) in [4.78, 5) is 0. The van der Waals surface area contributed by atoms with E-state index in [2.05, 4.69) is 39.2 Å². The maximum absolute atomic E-state index is 3.89. The maximum atomic E-state index is 3.89. The Hall–Kier alpha value is -0.303. The average Bonchev–Trinajstić information content (AvgIpc) is 2.06. The van der Waals surface area contributed by atoms with E-state index in [1.165, 1.54) is 37.0 Å². The van der Waals surface area contributed by atoms with E-state index in [0.717, 1.165) is 0 Å². The maximum Gasteiger partial charge on any atom is 0.0610 e. The van der Waals surface area contributed by atoms with Gasteiger partial charge in [0.25, 0.3) is 0 Å². The molecule has 0 aromatic rings. The van der Waals surface area contributed by atoms with Gasteiger partial charge in [0, 0.05) is 0 Å². The number of allylic oxidation sites excluding steroid dienone is 2. The molecule has 0 heterocycles. The van der Waals surface area contributed by atoms with Crippen LogP contribution in [0.4, 0.5) is 0 Å². The molecule has 0 nitrogen and oxygen atoms in total. The second-order valence-corrected chi connectivity index (χ2v) is 8.80. The summed E-state index contributed by atoms with van der Waals surface area (Å²) in [6.07, 6.45) is 6.91. The van der Waals surface area contributed by atoms with Crippen LogP contribution >= 0.6 is 0 Å². The Morgan fingerprint density at radius 3 is 1.54 bits per heavy atom. The molecule has 0 N–H and O–H groups in total. The van der Waals surface area contributed by atoms with Crippen molar-refractivity contribution in [3.05, 3.63) is 25.3 Å². The van der Waals surface area contributed by atoms with Gasteiger partial charge in [0.15, 0.2) is 0 Å². The van der Waals surface area contributed by atoms with Gasteiger partial charge in [-0.15, -0.1) is 13.2 Å². The first kappa shape index (κ1) is 12.7. The van der Waals surface area contributed by atoms with Crippen molar-refractivity contribution in [3.63, 3.8) is 0 Å². The van der Waals surface area contributed by atoms with Gasteiger partial charge in [0.2, 0.25) is 0 Å². The second-order valence-electron chi connectivity index (χ2n) is 3.99. The highest BCUT2D eigenvalue weighted by molar-refractivity contribution is 6.80. The second kappa shape index (κ2) is 7.13. The lowest BCUT2D eigenvalue weighted by Crippen LogP contribution is -2.31. The minimum Gasteiger partial charge on any atom is -0.103 e. The quantitative estimate of drug-likeness (QED) is 0.392. The van der Waals surface area contributed by atoms with E-state index in [4.69, 9.17) is 0 Å². The summed E-state index contributed by atoms with van der Waals surface area (Å²) in [5.74, 6) is 0. The molecule has 0 spiro atoms. The van der Waals surface area contributed by atoms with Gasteiger partial charge >= 0.3 is 0 Å². The van der Waals surface area contributed by atoms with Crippen molar-refractivity contribution in [1.82, 2.24) is 0 Å². The largest absolute Gasteiger partial charge is 0.103 e. The smallest absolute Gasteiger partial charge is 0.0610 e. The number of rotatable bonds is 8. The zero-order chi connectivity index (χ0) is 10.2. The van der Waals surface area contributed by atoms with Crippen molar-refractivity contribution < 1.29 is 0 Å². The summed E-state index contributed by atoms with van der Waals surface area (Å²) < 4.78 is 0. The first-order valence-corrected chi connectivity index (χ1v) is 8.29. The van der Waals surface area contributed by atoms with E-state index in [9.17, 15) is 0 Å². The van der Waals surface area contributed by atoms with Crippen LogP contribution in [0.25, 0.3) is 0 Å². The van der Waals surface area contributed by atoms with E-state index < -0.39 is 8.07 Å². The third-order valence-electron chi connectivity index (χ3n) is 2.72. The summed E-state index contributed by atoms with van der Waals surface area (Å²) in [5.41, 5.74) is 0. The van der Waals surface area contributed by atoms with Gasteiger partial charge in [-0.1, -0.05) is 50.9 Å². The highest BCUT2D eigenvalue weighted by Gasteiger charge is 2.27. The molecule has 0 rings (SSSR count). The molecule has 13 heavy (non-hydrogen) atoms. The van der Waals surface area contributed by atoms with Gasteiger partial charge in [0.1, 0.15) is 0 Å². The fourth-order valence-corrected chi connectivity index (χ4v) is 6.87. The van der Waals surface area contributed by atoms with Crippen LogP contribution in [0.5, 0.6) is 0 Å². The molecule has 1 heteroatoms. The van der Waals surface area contributed by atoms with Crippen LogP contribution < -0.4 is 0 Å². The molecule has 0 bridgehead atoms. The number of hydrogen-bond acceptors (Lipinski definition) is 0. The van der Waals surface area contributed by atoms with Crippen LogP contribution in [-0.4, -0.2) is 8.07 Å². The zero-order valence-electron chi connectivity index (χ0n) is 9.31. The van der Waals surface area contributed by atoms with Crippen LogP contribution in [0, 0.1) is 0 Å². The Bertz CT molecular complexity index is 131. The zero-order valence-corrected chi connectivity index (χ0v) is 10.3. The SMILES string of the molecule is C=CC[Si](CC=C)(CCC)CCC. The van der Waals surface area contributed by atoms with E-state index in [1.807, 2.05) is 0 Å². The van der Waals surface area contributed by atoms with E-state index >= 15 is 0 Å². The average molecular weight is 196 g/mol. The Morgan fingerprint density at radius 1 is 0.923 bits per heavy atom. The van der Waals surface area contributed by atoms with Crippen LogP contribution in [0.15, 0.2) is 25.3 Å². The van der Waals surface area contributed by atoms with Crippen molar-refractivity contribution in [2.75, 3.05) is 0 Å². The van der Waals surface area contributed by atoms with Gasteiger partial charge in [-0.25, -0.2) is 0 Å². The summed E-state index contributed by atoms with van der Waals surface area (Å²) in [5, 5.41) is 0. The first-order chi connectivity index (χ1) is 6.24. The molecular formula is C12H24Si. The minimum absolute atomic E-state index is 1.03. The molecule has 0 aliphatic carbocycles. The summed E-state index contributed by atoms with van der Waals surface area (Å²) in [6.45, 7) is 12.4. The lowest BCUT2D eigenvalue weighted by molar-refractivity contribution is 0.962. The van der Waals surface area contributed by atoms with Crippen LogP contribution in [0.3, 0.4) is 0 Å². The van der Waals surface area contributed by atoms with Gasteiger partial charge in [-0.3, -0.25) is 0 Å². The number of hydrogen-bond donors (Lipinski definition) is 0. The molecular weight excluding hydrogens is 172 g/mol. The molecule has 0 aromatic carbocycles. The molecule has 0 atom stereocenters. The Balaban J connectivity index is 4.35. The molecule has 0 aliphatic rings. The van der Waals surface area contributed by atoms with Crippen molar-refractivity contribution in [3.8, 4) is 0 Å². The third kappa shape index (κ3) is 4.46. The van der Waals surface area contributed by atoms with Crippen LogP contribution in [-0.2, 0) is 0 Å². The third-order valence-corrected chi connectivity index (χ3v) is 8.15. The van der Waals surface area contributed by atoms with Gasteiger partial charge in [-0.2, -0.15) is 0 Å². The molecule has 0 saturated heterocycles. The molecule has 0 saturated carbocycles. The Kier molecular flexibility index (Phi) is 6.97. The Labute approximate surface area is 84.8 Å². The normalized spacial score (nSPS) is 11.2. The monoisotopic (exact) mass is 196 g/mol. The van der Waals surface area contributed by atoms with Crippen molar-refractivity contribution in [2.45, 2.75) is 50.9 Å². The van der Waals surface area contributed by atoms with Crippen LogP contribution in [0.1, 0.15) is 26.7 Å². The summed E-state index contributed by atoms with van der Waals surface area (Å²) in [7, 11) is -1.03.